The number of rotatable bonds is 7. The Morgan fingerprint density at radius 3 is 0.625 bits per heavy atom. The average molecular weight is 1010 g/mol. The van der Waals surface area contributed by atoms with E-state index in [0.29, 0.717) is 12.8 Å². The van der Waals surface area contributed by atoms with Crippen molar-refractivity contribution < 1.29 is 33.8 Å². The molecule has 1 N–H and O–H groups in total. The van der Waals surface area contributed by atoms with Gasteiger partial charge in [-0.05, 0) is 326 Å². The van der Waals surface area contributed by atoms with Crippen molar-refractivity contribution in [1.29, 1.82) is 0 Å². The molecule has 1 aliphatic heterocycles. The highest BCUT2D eigenvalue weighted by atomic mass is 16.5. The fraction of sp³-hybridized carbons (Fsp3) is 0.139. The van der Waals surface area contributed by atoms with Gasteiger partial charge in [0.2, 0.25) is 5.91 Å². The lowest BCUT2D eigenvalue weighted by Gasteiger charge is -2.51. The maximum Gasteiger partial charge on any atom is 0.329 e. The van der Waals surface area contributed by atoms with Gasteiger partial charge in [0, 0.05) is 12.8 Å². The molecular formula is C72H17NO7. The Kier molecular flexibility index (Phi) is 3.22. The quantitative estimate of drug-likeness (QED) is 0.0962. The number of nitrogens with zero attached hydrogens (tertiary/aromatic N) is 1. The van der Waals surface area contributed by atoms with E-state index in [0.717, 1.165) is 22.3 Å². The van der Waals surface area contributed by atoms with E-state index < -0.39 is 40.8 Å². The SMILES string of the molecule is COC(=O)[C@@H]1N(C(=O)CCCCC(=O)O)[C@H](C(=O)OC)C23c4c5c6c7c8c9c(c%10c%11c2c2c4c4c%12c5c5c6c6c8c8c%13c9c9c%10c%10c%11c%11c2c2c4c4c%12c%12c5c5c6c8c6c8c%13c9c9c%10c%10c%11c2c2c4c4c%12c5c6c5c8c9c%10c2c45)C713. The zero-order chi connectivity index (χ0) is 49.8. The molecule has 0 unspecified atom stereocenters. The zero-order valence-electron chi connectivity index (χ0n) is 41.3. The second kappa shape index (κ2) is 7.83. The molecule has 1 saturated heterocycles. The molecule has 8 heteroatoms. The van der Waals surface area contributed by atoms with Crippen molar-refractivity contribution in [2.24, 2.45) is 0 Å². The van der Waals surface area contributed by atoms with E-state index in [-0.39, 0.29) is 18.7 Å². The van der Waals surface area contributed by atoms with Crippen molar-refractivity contribution >= 4 is 315 Å². The number of likely N-dealkylation sites (tertiary alicyclic amines) is 1. The molecule has 2 spiro atoms. The van der Waals surface area contributed by atoms with Gasteiger partial charge in [0.15, 0.2) is 0 Å². The summed E-state index contributed by atoms with van der Waals surface area (Å²) in [4.78, 5) is 63.1. The summed E-state index contributed by atoms with van der Waals surface area (Å²) in [5, 5.41) is 85.3. The summed E-state index contributed by atoms with van der Waals surface area (Å²) >= 11 is 0. The van der Waals surface area contributed by atoms with Crippen molar-refractivity contribution in [3.8, 4) is 0 Å². The Morgan fingerprint density at radius 2 is 0.463 bits per heavy atom. The second-order valence-electron chi connectivity index (χ2n) is 27.6. The molecule has 1 amide bonds. The second-order valence-corrected chi connectivity index (χ2v) is 27.6. The molecule has 0 bridgehead atoms. The number of hydrogen-bond donors (Lipinski definition) is 1. The molecular weight excluding hydrogens is 991 g/mol. The molecule has 2 atom stereocenters. The van der Waals surface area contributed by atoms with Gasteiger partial charge in [0.25, 0.3) is 0 Å². The van der Waals surface area contributed by atoms with Crippen molar-refractivity contribution in [1.82, 2.24) is 4.90 Å². The molecule has 1 heterocycles. The number of carboxylic acids is 1. The van der Waals surface area contributed by atoms with Crippen LogP contribution in [0.25, 0.3) is 291 Å². The summed E-state index contributed by atoms with van der Waals surface area (Å²) < 4.78 is 12.6. The number of carbonyl (C=O) groups excluding carboxylic acids is 3. The minimum absolute atomic E-state index is 0.0284. The number of ether oxygens (including phenoxy) is 2. The lowest BCUT2D eigenvalue weighted by Crippen LogP contribution is -2.59. The maximum atomic E-state index is 16.5. The Bertz CT molecular complexity index is 7080. The van der Waals surface area contributed by atoms with Crippen molar-refractivity contribution in [2.75, 3.05) is 14.2 Å². The van der Waals surface area contributed by atoms with Gasteiger partial charge in [-0.3, -0.25) is 9.59 Å². The first-order chi connectivity index (χ1) is 39.4. The molecule has 80 heavy (non-hydrogen) atoms. The minimum Gasteiger partial charge on any atom is -0.481 e. The van der Waals surface area contributed by atoms with Gasteiger partial charge in [0.05, 0.1) is 25.0 Å². The number of aliphatic carboxylic acids is 1. The Hall–Kier alpha value is -9.66. The molecule has 1 fully saturated rings. The molecule has 0 radical (unpaired) electrons. The third kappa shape index (κ3) is 1.88. The van der Waals surface area contributed by atoms with E-state index in [1.807, 2.05) is 0 Å². The lowest BCUT2D eigenvalue weighted by atomic mass is 9.46. The van der Waals surface area contributed by atoms with Crippen LogP contribution >= 0.6 is 0 Å². The van der Waals surface area contributed by atoms with Crippen LogP contribution in [0.15, 0.2) is 0 Å². The molecule has 8 nitrogen and oxygen atoms in total. The van der Waals surface area contributed by atoms with Crippen LogP contribution in [0.1, 0.15) is 47.9 Å². The number of carboxylic acid groups (broad SMARTS) is 1. The number of carbonyl (C=O) groups is 4. The highest BCUT2D eigenvalue weighted by Crippen LogP contribution is 2.87. The van der Waals surface area contributed by atoms with E-state index in [2.05, 4.69) is 0 Å². The predicted octanol–water partition coefficient (Wildman–Crippen LogP) is 15.9. The molecule has 28 aromatic rings. The highest BCUT2D eigenvalue weighted by Gasteiger charge is 2.83. The van der Waals surface area contributed by atoms with E-state index in [1.54, 1.807) is 4.90 Å². The number of methoxy groups -OCH3 is 2. The molecule has 5 aliphatic rings. The van der Waals surface area contributed by atoms with Crippen LogP contribution in [0.4, 0.5) is 0 Å². The summed E-state index contributed by atoms with van der Waals surface area (Å²) in [5.41, 5.74) is 1.88. The largest absolute Gasteiger partial charge is 0.481 e. The maximum absolute atomic E-state index is 16.5. The average Bonchev–Trinajstić information content (AvgIpc) is 2.15. The van der Waals surface area contributed by atoms with Gasteiger partial charge in [-0.15, -0.1) is 0 Å². The van der Waals surface area contributed by atoms with Gasteiger partial charge in [-0.2, -0.15) is 0 Å². The van der Waals surface area contributed by atoms with Gasteiger partial charge in [-0.1, -0.05) is 0 Å². The van der Waals surface area contributed by atoms with E-state index in [9.17, 15) is 9.90 Å². The van der Waals surface area contributed by atoms with Gasteiger partial charge < -0.3 is 19.5 Å². The van der Waals surface area contributed by atoms with Crippen molar-refractivity contribution in [2.45, 2.75) is 48.6 Å². The minimum atomic E-state index is -1.33. The fourth-order valence-corrected chi connectivity index (χ4v) is 26.7. The lowest BCUT2D eigenvalue weighted by molar-refractivity contribution is -0.159. The van der Waals surface area contributed by atoms with E-state index in [4.69, 9.17) is 9.47 Å². The molecule has 33 rings (SSSR count). The predicted molar refractivity (Wildman–Crippen MR) is 318 cm³/mol. The topological polar surface area (TPSA) is 110 Å². The molecule has 0 aromatic heterocycles. The first-order valence-corrected chi connectivity index (χ1v) is 28.9. The summed E-state index contributed by atoms with van der Waals surface area (Å²) in [6.07, 6.45) is 0.474. The Morgan fingerprint density at radius 1 is 0.300 bits per heavy atom. The summed E-state index contributed by atoms with van der Waals surface area (Å²) in [5.74, 6) is -2.29. The molecule has 0 saturated carbocycles. The van der Waals surface area contributed by atoms with Crippen LogP contribution in [0.3, 0.4) is 0 Å². The van der Waals surface area contributed by atoms with Gasteiger partial charge >= 0.3 is 17.9 Å². The standard InChI is InChI=1S/C72H17NO7/c1-79-69(77)67-71-63-55-47-37-27-19-11-9-10-13-17-15(11)23-31-25(17)35-29-21(13)22-14(10)18-16-12(9)20(19)28-34-24(16)32-26(18)36-30(22)40-39(29)49-43(35)53-45(31)51(41(47)33(23)27)59(63)61(53)65-57(49)58-50(40)44(36)54-46(32)52-42(34)48(38(28)37)56(55)64(71)60(52)62(54)66(58)72(65,71)68(70(78)80-2)73(67)7(74)5-3-4-6-8(75)76/h67-68H,3-6H2,1-2H3,(H,75,76)/t67-,68+,71?,72?. The van der Waals surface area contributed by atoms with Crippen LogP contribution in [0.5, 0.6) is 0 Å². The molecule has 28 aromatic carbocycles. The summed E-state index contributed by atoms with van der Waals surface area (Å²) in [6.45, 7) is 0. The van der Waals surface area contributed by atoms with Gasteiger partial charge in [-0.25, -0.2) is 9.59 Å². The Balaban J connectivity index is 1.06. The number of amides is 1. The highest BCUT2D eigenvalue weighted by molar-refractivity contribution is 6.82. The zero-order valence-corrected chi connectivity index (χ0v) is 41.3. The van der Waals surface area contributed by atoms with Crippen LogP contribution in [0, 0.1) is 0 Å². The summed E-state index contributed by atoms with van der Waals surface area (Å²) in [7, 11) is 2.94. The number of hydrogen-bond acceptors (Lipinski definition) is 6. The monoisotopic (exact) mass is 1010 g/mol. The van der Waals surface area contributed by atoms with Crippen LogP contribution < -0.4 is 0 Å². The van der Waals surface area contributed by atoms with E-state index in [1.165, 1.54) is 305 Å². The van der Waals surface area contributed by atoms with Crippen LogP contribution in [-0.2, 0) is 39.5 Å². The smallest absolute Gasteiger partial charge is 0.329 e. The fourth-order valence-electron chi connectivity index (χ4n) is 26.7. The third-order valence-electron chi connectivity index (χ3n) is 27.0. The summed E-state index contributed by atoms with van der Waals surface area (Å²) in [6, 6.07) is -2.53. The van der Waals surface area contributed by atoms with Crippen LogP contribution in [0.2, 0.25) is 0 Å². The molecule has 352 valence electrons. The van der Waals surface area contributed by atoms with Crippen molar-refractivity contribution in [3.63, 3.8) is 0 Å². The Labute approximate surface area is 436 Å². The van der Waals surface area contributed by atoms with Crippen LogP contribution in [-0.4, -0.2) is 60.1 Å². The number of unbranched alkanes of at least 4 members (excludes halogenated alkanes) is 1. The third-order valence-corrected chi connectivity index (χ3v) is 27.0. The normalized spacial score (nSPS) is 22.9. The van der Waals surface area contributed by atoms with Gasteiger partial charge in [0.1, 0.15) is 12.1 Å². The van der Waals surface area contributed by atoms with E-state index >= 15 is 14.4 Å². The van der Waals surface area contributed by atoms with Crippen molar-refractivity contribution in [3.05, 3.63) is 22.3 Å². The molecule has 4 aliphatic carbocycles. The first kappa shape index (κ1) is 32.9. The number of benzene rings is 18. The number of esters is 2. The first-order valence-electron chi connectivity index (χ1n) is 28.9.